The Morgan fingerprint density at radius 3 is 2.89 bits per heavy atom. The lowest BCUT2D eigenvalue weighted by Gasteiger charge is -2.32. The summed E-state index contributed by atoms with van der Waals surface area (Å²) in [4.78, 5) is 0. The van der Waals surface area contributed by atoms with E-state index in [1.165, 1.54) is 11.1 Å². The zero-order valence-electron chi connectivity index (χ0n) is 11.7. The van der Waals surface area contributed by atoms with Crippen LogP contribution in [-0.4, -0.2) is 20.3 Å². The molecule has 3 rings (SSSR count). The Labute approximate surface area is 115 Å². The normalized spacial score (nSPS) is 27.3. The lowest BCUT2D eigenvalue weighted by atomic mass is 9.80. The van der Waals surface area contributed by atoms with Crippen LogP contribution in [-0.2, 0) is 16.7 Å². The molecule has 1 aromatic rings. The predicted molar refractivity (Wildman–Crippen MR) is 75.3 cm³/mol. The van der Waals surface area contributed by atoms with Gasteiger partial charge in [0.05, 0.1) is 7.11 Å². The van der Waals surface area contributed by atoms with Crippen LogP contribution in [0.1, 0.15) is 36.8 Å². The van der Waals surface area contributed by atoms with E-state index in [0.717, 1.165) is 51.1 Å². The van der Waals surface area contributed by atoms with Gasteiger partial charge in [0.25, 0.3) is 0 Å². The van der Waals surface area contributed by atoms with Crippen molar-refractivity contribution in [2.75, 3.05) is 20.3 Å². The van der Waals surface area contributed by atoms with Gasteiger partial charge in [-0.25, -0.2) is 0 Å². The maximum Gasteiger partial charge on any atom is 0.119 e. The number of ether oxygens (including phenoxy) is 2. The number of aryl methyl sites for hydroxylation is 1. The third kappa shape index (κ3) is 2.49. The molecule has 1 fully saturated rings. The van der Waals surface area contributed by atoms with Crippen LogP contribution in [0, 0.1) is 5.92 Å². The molecule has 1 heterocycles. The summed E-state index contributed by atoms with van der Waals surface area (Å²) < 4.78 is 10.8. The lowest BCUT2D eigenvalue weighted by molar-refractivity contribution is 0.0558. The van der Waals surface area contributed by atoms with E-state index in [9.17, 15) is 0 Å². The molecular weight excluding hydrogens is 238 g/mol. The molecule has 3 nitrogen and oxygen atoms in total. The molecule has 1 saturated heterocycles. The van der Waals surface area contributed by atoms with Gasteiger partial charge in [-0.05, 0) is 61.3 Å². The minimum Gasteiger partial charge on any atom is -0.497 e. The third-order valence-corrected chi connectivity index (χ3v) is 4.69. The van der Waals surface area contributed by atoms with Crippen molar-refractivity contribution in [3.63, 3.8) is 0 Å². The van der Waals surface area contributed by atoms with Crippen molar-refractivity contribution in [3.8, 4) is 5.75 Å². The summed E-state index contributed by atoms with van der Waals surface area (Å²) in [7, 11) is 1.72. The number of hydrogen-bond donors (Lipinski definition) is 1. The van der Waals surface area contributed by atoms with E-state index >= 15 is 0 Å². The number of fused-ring (bicyclic) bond motifs is 1. The van der Waals surface area contributed by atoms with Crippen LogP contribution >= 0.6 is 0 Å². The van der Waals surface area contributed by atoms with Gasteiger partial charge in [0.2, 0.25) is 0 Å². The number of benzene rings is 1. The van der Waals surface area contributed by atoms with E-state index in [1.807, 2.05) is 6.07 Å². The minimum atomic E-state index is -0.161. The van der Waals surface area contributed by atoms with E-state index < -0.39 is 0 Å². The maximum atomic E-state index is 6.73. The second-order valence-electron chi connectivity index (χ2n) is 5.94. The third-order valence-electron chi connectivity index (χ3n) is 4.69. The van der Waals surface area contributed by atoms with Gasteiger partial charge >= 0.3 is 0 Å². The summed E-state index contributed by atoms with van der Waals surface area (Å²) in [5.41, 5.74) is 9.27. The second-order valence-corrected chi connectivity index (χ2v) is 5.94. The highest BCUT2D eigenvalue weighted by atomic mass is 16.5. The average molecular weight is 261 g/mol. The summed E-state index contributed by atoms with van der Waals surface area (Å²) in [6, 6.07) is 6.35. The quantitative estimate of drug-likeness (QED) is 0.909. The summed E-state index contributed by atoms with van der Waals surface area (Å²) in [6.45, 7) is 1.79. The topological polar surface area (TPSA) is 44.5 Å². The van der Waals surface area contributed by atoms with Gasteiger partial charge in [-0.1, -0.05) is 6.07 Å². The van der Waals surface area contributed by atoms with Crippen LogP contribution in [0.4, 0.5) is 0 Å². The average Bonchev–Trinajstić information content (AvgIpc) is 2.77. The van der Waals surface area contributed by atoms with Gasteiger partial charge in [-0.2, -0.15) is 0 Å². The Morgan fingerprint density at radius 2 is 2.16 bits per heavy atom. The standard InChI is InChI=1S/C16H23NO2/c1-18-14-3-2-13-4-7-16(17,15(13)10-14)11-12-5-8-19-9-6-12/h2-3,10,12H,4-9,11,17H2,1H3. The fourth-order valence-electron chi connectivity index (χ4n) is 3.53. The van der Waals surface area contributed by atoms with Gasteiger partial charge in [-0.3, -0.25) is 0 Å². The van der Waals surface area contributed by atoms with E-state index in [4.69, 9.17) is 15.2 Å². The summed E-state index contributed by atoms with van der Waals surface area (Å²) in [5, 5.41) is 0. The number of hydrogen-bond acceptors (Lipinski definition) is 3. The first kappa shape index (κ1) is 12.9. The molecule has 0 saturated carbocycles. The van der Waals surface area contributed by atoms with E-state index in [1.54, 1.807) is 7.11 Å². The highest BCUT2D eigenvalue weighted by molar-refractivity contribution is 5.43. The highest BCUT2D eigenvalue weighted by Crippen LogP contribution is 2.42. The van der Waals surface area contributed by atoms with Crippen LogP contribution in [0.15, 0.2) is 18.2 Å². The monoisotopic (exact) mass is 261 g/mol. The van der Waals surface area contributed by atoms with E-state index in [-0.39, 0.29) is 5.54 Å². The van der Waals surface area contributed by atoms with Gasteiger partial charge in [-0.15, -0.1) is 0 Å². The van der Waals surface area contributed by atoms with Crippen molar-refractivity contribution in [2.45, 2.75) is 37.6 Å². The summed E-state index contributed by atoms with van der Waals surface area (Å²) in [5.74, 6) is 1.62. The molecule has 0 bridgehead atoms. The SMILES string of the molecule is COc1ccc2c(c1)C(N)(CC1CCOCC1)CC2. The van der Waals surface area contributed by atoms with Gasteiger partial charge in [0, 0.05) is 18.8 Å². The van der Waals surface area contributed by atoms with Crippen LogP contribution in [0.2, 0.25) is 0 Å². The smallest absolute Gasteiger partial charge is 0.119 e. The van der Waals surface area contributed by atoms with Crippen molar-refractivity contribution >= 4 is 0 Å². The molecule has 104 valence electrons. The first-order valence-electron chi connectivity index (χ1n) is 7.25. The number of rotatable bonds is 3. The fraction of sp³-hybridized carbons (Fsp3) is 0.625. The molecule has 19 heavy (non-hydrogen) atoms. The predicted octanol–water partition coefficient (Wildman–Crippen LogP) is 2.61. The summed E-state index contributed by atoms with van der Waals surface area (Å²) in [6.07, 6.45) is 5.54. The molecule has 2 N–H and O–H groups in total. The highest BCUT2D eigenvalue weighted by Gasteiger charge is 2.37. The Balaban J connectivity index is 1.82. The zero-order valence-corrected chi connectivity index (χ0v) is 11.7. The molecule has 1 aliphatic heterocycles. The molecule has 1 aliphatic carbocycles. The Hall–Kier alpha value is -1.06. The number of methoxy groups -OCH3 is 1. The molecule has 0 aromatic heterocycles. The summed E-state index contributed by atoms with van der Waals surface area (Å²) >= 11 is 0. The van der Waals surface area contributed by atoms with Crippen LogP contribution in [0.3, 0.4) is 0 Å². The Bertz CT molecular complexity index is 454. The minimum absolute atomic E-state index is 0.161. The molecule has 0 spiro atoms. The van der Waals surface area contributed by atoms with Crippen molar-refractivity contribution in [1.82, 2.24) is 0 Å². The van der Waals surface area contributed by atoms with Crippen molar-refractivity contribution in [2.24, 2.45) is 11.7 Å². The molecule has 0 amide bonds. The lowest BCUT2D eigenvalue weighted by Crippen LogP contribution is -2.37. The first-order chi connectivity index (χ1) is 9.21. The Morgan fingerprint density at radius 1 is 1.37 bits per heavy atom. The fourth-order valence-corrected chi connectivity index (χ4v) is 3.53. The van der Waals surface area contributed by atoms with Crippen LogP contribution in [0.25, 0.3) is 0 Å². The number of nitrogens with two attached hydrogens (primary N) is 1. The molecule has 1 unspecified atom stereocenters. The van der Waals surface area contributed by atoms with Gasteiger partial charge < -0.3 is 15.2 Å². The van der Waals surface area contributed by atoms with Crippen molar-refractivity contribution in [3.05, 3.63) is 29.3 Å². The van der Waals surface area contributed by atoms with Crippen LogP contribution < -0.4 is 10.5 Å². The maximum absolute atomic E-state index is 6.73. The molecule has 1 aromatic carbocycles. The first-order valence-corrected chi connectivity index (χ1v) is 7.25. The van der Waals surface area contributed by atoms with E-state index in [0.29, 0.717) is 5.92 Å². The van der Waals surface area contributed by atoms with Crippen molar-refractivity contribution in [1.29, 1.82) is 0 Å². The largest absolute Gasteiger partial charge is 0.497 e. The zero-order chi connectivity index (χ0) is 13.3. The van der Waals surface area contributed by atoms with Crippen molar-refractivity contribution < 1.29 is 9.47 Å². The second kappa shape index (κ2) is 5.14. The van der Waals surface area contributed by atoms with Crippen LogP contribution in [0.5, 0.6) is 5.75 Å². The van der Waals surface area contributed by atoms with E-state index in [2.05, 4.69) is 12.1 Å². The molecular formula is C16H23NO2. The molecule has 0 radical (unpaired) electrons. The Kier molecular flexibility index (Phi) is 3.50. The molecule has 3 heteroatoms. The molecule has 1 atom stereocenters. The van der Waals surface area contributed by atoms with Gasteiger partial charge in [0.15, 0.2) is 0 Å². The molecule has 2 aliphatic rings. The van der Waals surface area contributed by atoms with Gasteiger partial charge in [0.1, 0.15) is 5.75 Å².